The number of aliphatic imine (C=N–C) groups is 1. The highest BCUT2D eigenvalue weighted by atomic mass is 32.1. The lowest BCUT2D eigenvalue weighted by molar-refractivity contribution is -0.133. The Morgan fingerprint density at radius 1 is 0.982 bits per heavy atom. The van der Waals surface area contributed by atoms with Crippen molar-refractivity contribution >= 4 is 67.8 Å². The Hall–Kier alpha value is -6.29. The van der Waals surface area contributed by atoms with E-state index in [1.165, 1.54) is 18.3 Å². The third-order valence-corrected chi connectivity index (χ3v) is 10.7. The number of aromatic amines is 1. The van der Waals surface area contributed by atoms with E-state index in [4.69, 9.17) is 16.2 Å². The summed E-state index contributed by atoms with van der Waals surface area (Å²) in [6, 6.07) is 18.0. The molecule has 298 valence electrons. The van der Waals surface area contributed by atoms with E-state index in [0.717, 1.165) is 26.7 Å². The third kappa shape index (κ3) is 10.9. The summed E-state index contributed by atoms with van der Waals surface area (Å²) in [4.78, 5) is 80.7. The lowest BCUT2D eigenvalue weighted by Crippen LogP contribution is -2.58. The monoisotopic (exact) mass is 793 g/mol. The first-order chi connectivity index (χ1) is 27.5. The van der Waals surface area contributed by atoms with E-state index in [0.29, 0.717) is 37.1 Å². The molecule has 9 N–H and O–H groups in total. The standard InChI is InChI=1S/C41H47N9O6S/c1-24(51)46-33-21-25-15-17-27(18-16-25)56-20-7-6-12-32(48-39(55)34(49-38(33)54)22-26-23-45-29-10-3-2-9-28(26)29)37(53)47-31(13-8-19-44-41(42)43)36(52)40-50-30-11-4-5-14-35(30)57-40/h2-5,9-11,14-18,23,31-34,45H,6-8,12-13,19-22H2,1H3,(H,46,51)(H,47,53)(H,48,55)(H,49,54)(H4,42,43,44)/t31-,32+,33+,34-/m1/s1. The van der Waals surface area contributed by atoms with Gasteiger partial charge in [0.05, 0.1) is 22.9 Å². The number of H-pyrrole nitrogens is 1. The molecular formula is C41H47N9O6S. The van der Waals surface area contributed by atoms with Gasteiger partial charge in [-0.25, -0.2) is 4.98 Å². The number of guanidine groups is 1. The van der Waals surface area contributed by atoms with Crippen molar-refractivity contribution < 1.29 is 28.7 Å². The second-order valence-electron chi connectivity index (χ2n) is 14.0. The number of ether oxygens (including phenoxy) is 1. The average molecular weight is 794 g/mol. The predicted octanol–water partition coefficient (Wildman–Crippen LogP) is 3.02. The minimum Gasteiger partial charge on any atom is -0.494 e. The Morgan fingerprint density at radius 2 is 1.75 bits per heavy atom. The van der Waals surface area contributed by atoms with Crippen molar-refractivity contribution in [3.8, 4) is 5.75 Å². The van der Waals surface area contributed by atoms with Crippen LogP contribution in [0, 0.1) is 0 Å². The maximum atomic E-state index is 14.4. The van der Waals surface area contributed by atoms with E-state index in [1.54, 1.807) is 18.3 Å². The smallest absolute Gasteiger partial charge is 0.243 e. The maximum Gasteiger partial charge on any atom is 0.243 e. The molecule has 2 aliphatic rings. The molecule has 4 heterocycles. The Balaban J connectivity index is 1.29. The number of hydrogen-bond acceptors (Lipinski definition) is 9. The van der Waals surface area contributed by atoms with Crippen LogP contribution in [0.3, 0.4) is 0 Å². The summed E-state index contributed by atoms with van der Waals surface area (Å²) in [5.74, 6) is -2.01. The number of nitrogens with two attached hydrogens (primary N) is 2. The molecule has 4 atom stereocenters. The summed E-state index contributed by atoms with van der Waals surface area (Å²) in [6.45, 7) is 1.91. The summed E-state index contributed by atoms with van der Waals surface area (Å²) in [5, 5.41) is 12.5. The van der Waals surface area contributed by atoms with Crippen LogP contribution in [0.25, 0.3) is 21.1 Å². The maximum absolute atomic E-state index is 14.4. The van der Waals surface area contributed by atoms with E-state index < -0.39 is 47.8 Å². The highest BCUT2D eigenvalue weighted by Crippen LogP contribution is 2.24. The van der Waals surface area contributed by atoms with Crippen molar-refractivity contribution in [1.29, 1.82) is 0 Å². The molecule has 0 fully saturated rings. The number of nitrogens with one attached hydrogen (secondary N) is 5. The van der Waals surface area contributed by atoms with Gasteiger partial charge < -0.3 is 42.5 Å². The quantitative estimate of drug-likeness (QED) is 0.0450. The molecule has 15 nitrogen and oxygen atoms in total. The number of amides is 4. The fourth-order valence-corrected chi connectivity index (χ4v) is 7.73. The van der Waals surface area contributed by atoms with Crippen molar-refractivity contribution in [2.24, 2.45) is 16.5 Å². The molecule has 0 radical (unpaired) electrons. The van der Waals surface area contributed by atoms with E-state index in [9.17, 15) is 24.0 Å². The van der Waals surface area contributed by atoms with Gasteiger partial charge in [0.15, 0.2) is 11.0 Å². The van der Waals surface area contributed by atoms with Gasteiger partial charge in [-0.05, 0) is 73.6 Å². The normalized spacial score (nSPS) is 18.4. The van der Waals surface area contributed by atoms with Gasteiger partial charge in [0.1, 0.15) is 23.9 Å². The van der Waals surface area contributed by atoms with Crippen LogP contribution in [0.15, 0.2) is 84.0 Å². The van der Waals surface area contributed by atoms with Gasteiger partial charge in [-0.15, -0.1) is 11.3 Å². The second-order valence-corrected chi connectivity index (χ2v) is 15.0. The number of para-hydroxylation sites is 2. The lowest BCUT2D eigenvalue weighted by Gasteiger charge is -2.26. The second kappa shape index (κ2) is 19.0. The zero-order valence-corrected chi connectivity index (χ0v) is 32.4. The number of ketones is 1. The van der Waals surface area contributed by atoms with E-state index in [2.05, 4.69) is 36.2 Å². The van der Waals surface area contributed by atoms with Crippen LogP contribution in [0.2, 0.25) is 0 Å². The summed E-state index contributed by atoms with van der Waals surface area (Å²) in [7, 11) is 0. The van der Waals surface area contributed by atoms with Crippen LogP contribution in [0.5, 0.6) is 5.75 Å². The largest absolute Gasteiger partial charge is 0.494 e. The molecule has 0 saturated carbocycles. The Labute approximate surface area is 333 Å². The van der Waals surface area contributed by atoms with Gasteiger partial charge in [-0.1, -0.05) is 42.5 Å². The van der Waals surface area contributed by atoms with Crippen LogP contribution in [0.4, 0.5) is 0 Å². The molecule has 5 aromatic rings. The fraction of sp³-hybridized carbons (Fsp3) is 0.341. The van der Waals surface area contributed by atoms with Crippen LogP contribution >= 0.6 is 11.3 Å². The van der Waals surface area contributed by atoms with E-state index in [1.807, 2.05) is 60.7 Å². The first kappa shape index (κ1) is 40.4. The Kier molecular flexibility index (Phi) is 13.5. The molecule has 0 saturated heterocycles. The van der Waals surface area contributed by atoms with Crippen molar-refractivity contribution in [1.82, 2.24) is 31.2 Å². The Bertz CT molecular complexity index is 2210. The van der Waals surface area contributed by atoms with Gasteiger partial charge in [-0.3, -0.25) is 29.0 Å². The van der Waals surface area contributed by atoms with Gasteiger partial charge in [-0.2, -0.15) is 0 Å². The number of carbonyl (C=O) groups excluding carboxylic acids is 5. The summed E-state index contributed by atoms with van der Waals surface area (Å²) in [6.07, 6.45) is 3.86. The highest BCUT2D eigenvalue weighted by Gasteiger charge is 2.33. The zero-order chi connectivity index (χ0) is 40.3. The first-order valence-corrected chi connectivity index (χ1v) is 19.8. The number of aromatic nitrogens is 2. The SMILES string of the molecule is CC(=O)N[C@H]1Cc2ccc(cc2)OCCCC[C@@H](C(=O)N[C@H](CCCN=C(N)N)C(=O)c2nc3ccccc3s2)NC(=O)[C@@H](Cc2c[nH]c3ccccc23)NC1=O. The van der Waals surface area contributed by atoms with E-state index in [-0.39, 0.29) is 49.0 Å². The molecule has 7 rings (SSSR count). The summed E-state index contributed by atoms with van der Waals surface area (Å²) in [5.41, 5.74) is 14.1. The molecule has 3 aromatic carbocycles. The third-order valence-electron chi connectivity index (χ3n) is 9.66. The van der Waals surface area contributed by atoms with E-state index >= 15 is 0 Å². The molecule has 0 aliphatic carbocycles. The first-order valence-electron chi connectivity index (χ1n) is 18.9. The predicted molar refractivity (Wildman–Crippen MR) is 219 cm³/mol. The molecule has 2 aliphatic heterocycles. The number of nitrogens with zero attached hydrogens (tertiary/aromatic N) is 2. The topological polar surface area (TPSA) is 236 Å². The fourth-order valence-electron chi connectivity index (χ4n) is 6.77. The number of carbonyl (C=O) groups is 5. The van der Waals surface area contributed by atoms with Crippen LogP contribution in [-0.4, -0.2) is 82.7 Å². The van der Waals surface area contributed by atoms with Crippen LogP contribution in [-0.2, 0) is 32.0 Å². The van der Waals surface area contributed by atoms with Gasteiger partial charge in [0, 0.05) is 43.4 Å². The number of fused-ring (bicyclic) bond motifs is 16. The van der Waals surface area contributed by atoms with Crippen molar-refractivity contribution in [2.75, 3.05) is 13.2 Å². The minimum absolute atomic E-state index is 0.0781. The Morgan fingerprint density at radius 3 is 2.53 bits per heavy atom. The number of hydrogen-bond donors (Lipinski definition) is 7. The molecule has 2 bridgehead atoms. The number of thiazole rings is 1. The molecular weight excluding hydrogens is 747 g/mol. The van der Waals surface area contributed by atoms with Crippen molar-refractivity contribution in [3.63, 3.8) is 0 Å². The van der Waals surface area contributed by atoms with Gasteiger partial charge in [0.25, 0.3) is 0 Å². The molecule has 4 amide bonds. The van der Waals surface area contributed by atoms with Crippen molar-refractivity contribution in [2.45, 2.75) is 76.0 Å². The van der Waals surface area contributed by atoms with Gasteiger partial charge in [0.2, 0.25) is 29.4 Å². The van der Waals surface area contributed by atoms with Crippen LogP contribution in [0.1, 0.15) is 60.0 Å². The molecule has 0 unspecified atom stereocenters. The number of Topliss-reactive ketones (excluding diaryl/α,β-unsaturated/α-hetero) is 1. The molecule has 16 heteroatoms. The van der Waals surface area contributed by atoms with Crippen LogP contribution < -0.4 is 37.5 Å². The average Bonchev–Trinajstić information content (AvgIpc) is 3.82. The summed E-state index contributed by atoms with van der Waals surface area (Å²) >= 11 is 1.23. The van der Waals surface area contributed by atoms with Crippen molar-refractivity contribution in [3.05, 3.63) is 95.1 Å². The lowest BCUT2D eigenvalue weighted by atomic mass is 10.0. The molecule has 57 heavy (non-hydrogen) atoms. The molecule has 0 spiro atoms. The zero-order valence-electron chi connectivity index (χ0n) is 31.6. The molecule has 2 aromatic heterocycles. The minimum atomic E-state index is -1.15. The number of rotatable bonds is 11. The summed E-state index contributed by atoms with van der Waals surface area (Å²) < 4.78 is 6.78. The van der Waals surface area contributed by atoms with Gasteiger partial charge >= 0.3 is 0 Å². The highest BCUT2D eigenvalue weighted by molar-refractivity contribution is 7.20. The number of benzene rings is 3.